The number of aromatic nitrogens is 2. The van der Waals surface area contributed by atoms with Gasteiger partial charge in [-0.3, -0.25) is 4.90 Å². The average Bonchev–Trinajstić information content (AvgIpc) is 3.57. The first-order valence-corrected chi connectivity index (χ1v) is 13.7. The number of imidazole rings is 1. The van der Waals surface area contributed by atoms with E-state index in [1.165, 1.54) is 56.1 Å². The number of carbonyl (C=O) groups is 1. The van der Waals surface area contributed by atoms with Gasteiger partial charge in [-0.1, -0.05) is 50.5 Å². The molecule has 186 valence electrons. The summed E-state index contributed by atoms with van der Waals surface area (Å²) in [5, 5.41) is 0. The molecular formula is C30H39N3O2. The van der Waals surface area contributed by atoms with Gasteiger partial charge >= 0.3 is 6.09 Å². The highest BCUT2D eigenvalue weighted by Gasteiger charge is 2.40. The van der Waals surface area contributed by atoms with E-state index in [-0.39, 0.29) is 12.1 Å². The highest BCUT2D eigenvalue weighted by Crippen LogP contribution is 2.49. The van der Waals surface area contributed by atoms with Gasteiger partial charge in [0.05, 0.1) is 23.8 Å². The molecule has 3 aliphatic carbocycles. The fraction of sp³-hybridized carbons (Fsp3) is 0.600. The first-order chi connectivity index (χ1) is 17.0. The topological polar surface area (TPSA) is 47.4 Å². The van der Waals surface area contributed by atoms with Crippen molar-refractivity contribution < 1.29 is 9.53 Å². The molecule has 6 rings (SSSR count). The Morgan fingerprint density at radius 3 is 2.86 bits per heavy atom. The summed E-state index contributed by atoms with van der Waals surface area (Å²) in [4.78, 5) is 19.9. The Kier molecular flexibility index (Phi) is 5.77. The summed E-state index contributed by atoms with van der Waals surface area (Å²) in [6.45, 7) is 6.87. The molecule has 0 spiro atoms. The zero-order valence-electron chi connectivity index (χ0n) is 21.7. The lowest BCUT2D eigenvalue weighted by atomic mass is 9.79. The summed E-state index contributed by atoms with van der Waals surface area (Å²) in [7, 11) is 1.47. The second kappa shape index (κ2) is 8.83. The Labute approximate surface area is 209 Å². The lowest BCUT2D eigenvalue weighted by molar-refractivity contribution is 0.175. The van der Waals surface area contributed by atoms with Crippen LogP contribution in [0.5, 0.6) is 0 Å². The molecule has 5 nitrogen and oxygen atoms in total. The number of allylic oxidation sites excluding steroid dienone is 4. The van der Waals surface area contributed by atoms with Crippen LogP contribution in [0, 0.1) is 23.7 Å². The van der Waals surface area contributed by atoms with Crippen molar-refractivity contribution in [2.24, 2.45) is 23.7 Å². The number of fused-ring (bicyclic) bond motifs is 4. The maximum absolute atomic E-state index is 12.7. The van der Waals surface area contributed by atoms with Crippen LogP contribution in [0.15, 0.2) is 35.9 Å². The number of ether oxygens (including phenoxy) is 1. The third kappa shape index (κ3) is 3.91. The Morgan fingerprint density at radius 1 is 1.20 bits per heavy atom. The highest BCUT2D eigenvalue weighted by molar-refractivity contribution is 5.95. The lowest BCUT2D eigenvalue weighted by Crippen LogP contribution is -2.42. The van der Waals surface area contributed by atoms with Gasteiger partial charge in [-0.25, -0.2) is 9.78 Å². The van der Waals surface area contributed by atoms with Gasteiger partial charge in [-0.05, 0) is 74.8 Å². The molecule has 0 N–H and O–H groups in total. The number of carbonyl (C=O) groups excluding carboxylic acids is 1. The number of anilines is 1. The molecule has 0 radical (unpaired) electrons. The van der Waals surface area contributed by atoms with E-state index < -0.39 is 0 Å². The molecule has 0 bridgehead atoms. The van der Waals surface area contributed by atoms with Crippen LogP contribution in [0.1, 0.15) is 76.7 Å². The number of aryl methyl sites for hydroxylation is 1. The van der Waals surface area contributed by atoms with Crippen LogP contribution in [0.25, 0.3) is 11.0 Å². The Morgan fingerprint density at radius 2 is 2.06 bits per heavy atom. The number of amides is 1. The molecule has 4 aliphatic rings. The molecule has 1 amide bonds. The van der Waals surface area contributed by atoms with Crippen LogP contribution in [0.3, 0.4) is 0 Å². The molecule has 0 saturated heterocycles. The van der Waals surface area contributed by atoms with Gasteiger partial charge in [0.1, 0.15) is 5.82 Å². The fourth-order valence-corrected chi connectivity index (χ4v) is 7.07. The average molecular weight is 474 g/mol. The minimum atomic E-state index is -0.275. The Bertz CT molecular complexity index is 1210. The minimum Gasteiger partial charge on any atom is -0.452 e. The van der Waals surface area contributed by atoms with Crippen molar-refractivity contribution in [2.45, 2.75) is 84.2 Å². The molecule has 3 unspecified atom stereocenters. The summed E-state index contributed by atoms with van der Waals surface area (Å²) in [6.07, 6.45) is 15.9. The summed E-state index contributed by atoms with van der Waals surface area (Å²) in [5.41, 5.74) is 6.09. The zero-order chi connectivity index (χ0) is 24.3. The van der Waals surface area contributed by atoms with E-state index in [2.05, 4.69) is 55.7 Å². The molecule has 2 aromatic rings. The SMILES string of the molecule is COC(=O)N1c2ccc3c(nc(CC4=CC=CC5CC45)n3[C@@H]3CCCC(C(C)C)C3)c2CC[C@@H]1C. The maximum atomic E-state index is 12.7. The predicted octanol–water partition coefficient (Wildman–Crippen LogP) is 7.01. The third-order valence-electron chi connectivity index (χ3n) is 9.24. The minimum absolute atomic E-state index is 0.130. The van der Waals surface area contributed by atoms with Gasteiger partial charge in [0.2, 0.25) is 0 Å². The summed E-state index contributed by atoms with van der Waals surface area (Å²) in [6, 6.07) is 5.01. The normalized spacial score (nSPS) is 29.7. The van der Waals surface area contributed by atoms with Crippen LogP contribution < -0.4 is 4.90 Å². The summed E-state index contributed by atoms with van der Waals surface area (Å²) >= 11 is 0. The molecule has 5 atom stereocenters. The molecule has 5 heteroatoms. The van der Waals surface area contributed by atoms with Crippen LogP contribution in [0.2, 0.25) is 0 Å². The van der Waals surface area contributed by atoms with Crippen molar-refractivity contribution in [2.75, 3.05) is 12.0 Å². The Hall–Kier alpha value is -2.56. The van der Waals surface area contributed by atoms with Crippen LogP contribution >= 0.6 is 0 Å². The van der Waals surface area contributed by atoms with E-state index in [1.54, 1.807) is 5.57 Å². The van der Waals surface area contributed by atoms with E-state index in [0.717, 1.165) is 48.2 Å². The van der Waals surface area contributed by atoms with E-state index in [9.17, 15) is 4.79 Å². The summed E-state index contributed by atoms with van der Waals surface area (Å²) in [5.74, 6) is 4.18. The van der Waals surface area contributed by atoms with Crippen molar-refractivity contribution in [3.05, 3.63) is 47.3 Å². The number of hydrogen-bond acceptors (Lipinski definition) is 3. The first-order valence-electron chi connectivity index (χ1n) is 13.7. The lowest BCUT2D eigenvalue weighted by Gasteiger charge is -2.35. The van der Waals surface area contributed by atoms with E-state index >= 15 is 0 Å². The maximum Gasteiger partial charge on any atom is 0.414 e. The van der Waals surface area contributed by atoms with Crippen molar-refractivity contribution in [3.8, 4) is 0 Å². The van der Waals surface area contributed by atoms with Crippen molar-refractivity contribution >= 4 is 22.8 Å². The number of rotatable bonds is 4. The van der Waals surface area contributed by atoms with Gasteiger partial charge in [-0.2, -0.15) is 0 Å². The number of methoxy groups -OCH3 is 1. The molecule has 35 heavy (non-hydrogen) atoms. The first kappa shape index (κ1) is 22.9. The van der Waals surface area contributed by atoms with Crippen molar-refractivity contribution in [3.63, 3.8) is 0 Å². The van der Waals surface area contributed by atoms with E-state index in [0.29, 0.717) is 12.0 Å². The van der Waals surface area contributed by atoms with Crippen molar-refractivity contribution in [1.82, 2.24) is 9.55 Å². The third-order valence-corrected chi connectivity index (χ3v) is 9.24. The van der Waals surface area contributed by atoms with Crippen LogP contribution in [-0.2, 0) is 17.6 Å². The number of benzene rings is 1. The number of nitrogens with zero attached hydrogens (tertiary/aromatic N) is 3. The van der Waals surface area contributed by atoms with Gasteiger partial charge in [-0.15, -0.1) is 0 Å². The summed E-state index contributed by atoms with van der Waals surface area (Å²) < 4.78 is 7.76. The van der Waals surface area contributed by atoms with Crippen LogP contribution in [-0.4, -0.2) is 28.8 Å². The predicted molar refractivity (Wildman–Crippen MR) is 141 cm³/mol. The second-order valence-corrected chi connectivity index (χ2v) is 11.7. The molecule has 1 aromatic heterocycles. The van der Waals surface area contributed by atoms with Gasteiger partial charge < -0.3 is 9.30 Å². The second-order valence-electron chi connectivity index (χ2n) is 11.7. The quantitative estimate of drug-likeness (QED) is 0.480. The molecule has 2 fully saturated rings. The van der Waals surface area contributed by atoms with E-state index in [1.807, 2.05) is 4.90 Å². The van der Waals surface area contributed by atoms with Gasteiger partial charge in [0.25, 0.3) is 0 Å². The monoisotopic (exact) mass is 473 g/mol. The zero-order valence-corrected chi connectivity index (χ0v) is 21.7. The van der Waals surface area contributed by atoms with Crippen LogP contribution in [0.4, 0.5) is 10.5 Å². The Balaban J connectivity index is 1.47. The van der Waals surface area contributed by atoms with Gasteiger partial charge in [0, 0.05) is 24.1 Å². The molecule has 2 saturated carbocycles. The molecule has 1 aliphatic heterocycles. The van der Waals surface area contributed by atoms with Crippen molar-refractivity contribution in [1.29, 1.82) is 0 Å². The molecule has 1 aromatic carbocycles. The highest BCUT2D eigenvalue weighted by atomic mass is 16.5. The standard InChI is InChI=1S/C30H39N3O2/c1-18(2)20-7-6-10-23(15-20)33-27-14-13-26-24(12-11-19(3)32(26)30(34)35-4)29(27)31-28(33)17-22-9-5-8-21-16-25(21)22/h5,8-9,13-14,18-21,23,25H,6-7,10-12,15-17H2,1-4H3/t19-,20?,21?,23+,25?/m0/s1. The largest absolute Gasteiger partial charge is 0.452 e. The molecular weight excluding hydrogens is 434 g/mol. The van der Waals surface area contributed by atoms with E-state index in [4.69, 9.17) is 9.72 Å². The molecule has 2 heterocycles. The fourth-order valence-electron chi connectivity index (χ4n) is 7.07. The smallest absolute Gasteiger partial charge is 0.414 e. The van der Waals surface area contributed by atoms with Gasteiger partial charge in [0.15, 0.2) is 0 Å². The number of hydrogen-bond donors (Lipinski definition) is 0.